The van der Waals surface area contributed by atoms with Crippen molar-refractivity contribution in [2.75, 3.05) is 0 Å². The Labute approximate surface area is 118 Å². The van der Waals surface area contributed by atoms with Crippen molar-refractivity contribution in [1.82, 2.24) is 0 Å². The summed E-state index contributed by atoms with van der Waals surface area (Å²) in [4.78, 5) is 11.6. The van der Waals surface area contributed by atoms with Gasteiger partial charge in [0.05, 0.1) is 5.56 Å². The van der Waals surface area contributed by atoms with Gasteiger partial charge < -0.3 is 9.47 Å². The number of benzene rings is 2. The average Bonchev–Trinajstić information content (AvgIpc) is 2.37. The van der Waals surface area contributed by atoms with Crippen molar-refractivity contribution in [3.63, 3.8) is 0 Å². The first kappa shape index (κ1) is 14.9. The molecule has 110 valence electrons. The zero-order valence-corrected chi connectivity index (χ0v) is 11.0. The molecule has 0 unspecified atom stereocenters. The fourth-order valence-electron chi connectivity index (χ4n) is 1.68. The van der Waals surface area contributed by atoms with E-state index in [0.29, 0.717) is 0 Å². The summed E-state index contributed by atoms with van der Waals surface area (Å²) in [5.41, 5.74) is -0.192. The molecule has 0 N–H and O–H groups in total. The van der Waals surface area contributed by atoms with Crippen molar-refractivity contribution in [2.45, 2.75) is 13.1 Å². The fourth-order valence-corrected chi connectivity index (χ4v) is 1.68. The summed E-state index contributed by atoms with van der Waals surface area (Å²) >= 11 is 0. The van der Waals surface area contributed by atoms with Crippen molar-refractivity contribution in [1.29, 1.82) is 0 Å². The van der Waals surface area contributed by atoms with E-state index in [2.05, 4.69) is 4.74 Å². The lowest BCUT2D eigenvalue weighted by molar-refractivity contribution is -0.138. The number of ether oxygens (including phenoxy) is 2. The molecule has 0 aliphatic rings. The summed E-state index contributed by atoms with van der Waals surface area (Å²) in [5, 5.41) is 0. The van der Waals surface area contributed by atoms with Gasteiger partial charge in [-0.25, -0.2) is 4.79 Å². The molecule has 6 heteroatoms. The van der Waals surface area contributed by atoms with E-state index in [-0.39, 0.29) is 5.75 Å². The Balaban J connectivity index is 2.14. The van der Waals surface area contributed by atoms with Gasteiger partial charge in [0.2, 0.25) is 0 Å². The zero-order valence-electron chi connectivity index (χ0n) is 11.0. The minimum absolute atomic E-state index is 0.199. The maximum Gasteiger partial charge on any atom is 0.519 e. The van der Waals surface area contributed by atoms with Crippen LogP contribution in [-0.4, -0.2) is 6.16 Å². The average molecular weight is 296 g/mol. The second kappa shape index (κ2) is 5.87. The van der Waals surface area contributed by atoms with Crippen LogP contribution in [0.25, 0.3) is 0 Å². The van der Waals surface area contributed by atoms with Crippen LogP contribution in [0.15, 0.2) is 48.5 Å². The quantitative estimate of drug-likeness (QED) is 0.600. The zero-order chi connectivity index (χ0) is 15.5. The third kappa shape index (κ3) is 3.98. The molecular formula is C15H11F3O3. The highest BCUT2D eigenvalue weighted by Gasteiger charge is 2.34. The van der Waals surface area contributed by atoms with Crippen LogP contribution in [0.4, 0.5) is 18.0 Å². The lowest BCUT2D eigenvalue weighted by atomic mass is 10.2. The lowest BCUT2D eigenvalue weighted by Gasteiger charge is -2.12. The highest BCUT2D eigenvalue weighted by Crippen LogP contribution is 2.36. The summed E-state index contributed by atoms with van der Waals surface area (Å²) in [6, 6.07) is 10.9. The maximum absolute atomic E-state index is 12.7. The fraction of sp³-hybridized carbons (Fsp3) is 0.133. The highest BCUT2D eigenvalue weighted by molar-refractivity contribution is 5.67. The Morgan fingerprint density at radius 2 is 1.71 bits per heavy atom. The number of hydrogen-bond donors (Lipinski definition) is 0. The first-order chi connectivity index (χ1) is 9.86. The van der Waals surface area contributed by atoms with E-state index in [1.807, 2.05) is 0 Å². The van der Waals surface area contributed by atoms with Crippen LogP contribution in [0.3, 0.4) is 0 Å². The molecule has 2 aromatic rings. The number of hydrogen-bond acceptors (Lipinski definition) is 3. The molecule has 0 bridgehead atoms. The van der Waals surface area contributed by atoms with Gasteiger partial charge in [-0.2, -0.15) is 13.2 Å². The molecule has 0 heterocycles. The van der Waals surface area contributed by atoms with E-state index >= 15 is 0 Å². The van der Waals surface area contributed by atoms with Gasteiger partial charge in [-0.3, -0.25) is 0 Å². The van der Waals surface area contributed by atoms with Crippen molar-refractivity contribution >= 4 is 6.16 Å². The van der Waals surface area contributed by atoms with Crippen LogP contribution >= 0.6 is 0 Å². The van der Waals surface area contributed by atoms with Crippen molar-refractivity contribution in [2.24, 2.45) is 0 Å². The predicted octanol–water partition coefficient (Wildman–Crippen LogP) is 4.59. The SMILES string of the molecule is Cc1cccc(OC(=O)Oc2ccccc2C(F)(F)F)c1. The number of aryl methyl sites for hydroxylation is 1. The molecule has 0 atom stereocenters. The highest BCUT2D eigenvalue weighted by atomic mass is 19.4. The minimum atomic E-state index is -4.61. The van der Waals surface area contributed by atoms with Gasteiger partial charge in [-0.05, 0) is 36.8 Å². The van der Waals surface area contributed by atoms with Crippen LogP contribution in [0.2, 0.25) is 0 Å². The Kier molecular flexibility index (Phi) is 4.16. The van der Waals surface area contributed by atoms with Gasteiger partial charge in [0.1, 0.15) is 11.5 Å². The van der Waals surface area contributed by atoms with Crippen LogP contribution in [-0.2, 0) is 6.18 Å². The molecule has 0 aliphatic carbocycles. The standard InChI is InChI=1S/C15H11F3O3/c1-10-5-4-6-11(9-10)20-14(19)21-13-8-3-2-7-12(13)15(16,17)18/h2-9H,1H3. The lowest BCUT2D eigenvalue weighted by Crippen LogP contribution is -2.17. The Morgan fingerprint density at radius 3 is 2.38 bits per heavy atom. The molecule has 2 aromatic carbocycles. The predicted molar refractivity (Wildman–Crippen MR) is 69.3 cm³/mol. The second-order valence-electron chi connectivity index (χ2n) is 4.26. The van der Waals surface area contributed by atoms with Crippen LogP contribution in [0.1, 0.15) is 11.1 Å². The van der Waals surface area contributed by atoms with E-state index in [0.717, 1.165) is 17.7 Å². The van der Waals surface area contributed by atoms with E-state index < -0.39 is 23.6 Å². The van der Waals surface area contributed by atoms with Gasteiger partial charge in [0.25, 0.3) is 0 Å². The molecule has 0 radical (unpaired) electrons. The summed E-state index contributed by atoms with van der Waals surface area (Å²) < 4.78 is 47.7. The largest absolute Gasteiger partial charge is 0.519 e. The minimum Gasteiger partial charge on any atom is -0.395 e. The third-order valence-corrected chi connectivity index (χ3v) is 2.58. The van der Waals surface area contributed by atoms with Gasteiger partial charge in [0.15, 0.2) is 0 Å². The monoisotopic (exact) mass is 296 g/mol. The molecule has 0 fully saturated rings. The first-order valence-electron chi connectivity index (χ1n) is 5.99. The van der Waals surface area contributed by atoms with Crippen molar-refractivity contribution < 1.29 is 27.4 Å². The molecule has 0 aliphatic heterocycles. The van der Waals surface area contributed by atoms with E-state index in [9.17, 15) is 18.0 Å². The molecule has 0 saturated carbocycles. The van der Waals surface area contributed by atoms with Gasteiger partial charge >= 0.3 is 12.3 Å². The summed E-state index contributed by atoms with van der Waals surface area (Å²) in [6.07, 6.45) is -5.84. The van der Waals surface area contributed by atoms with E-state index in [1.54, 1.807) is 25.1 Å². The molecular weight excluding hydrogens is 285 g/mol. The van der Waals surface area contributed by atoms with Crippen molar-refractivity contribution in [3.8, 4) is 11.5 Å². The Hall–Kier alpha value is -2.50. The normalized spacial score (nSPS) is 11.0. The number of halogens is 3. The molecule has 3 nitrogen and oxygen atoms in total. The molecule has 0 spiro atoms. The number of para-hydroxylation sites is 1. The molecule has 0 amide bonds. The van der Waals surface area contributed by atoms with Crippen LogP contribution in [0, 0.1) is 6.92 Å². The Morgan fingerprint density at radius 1 is 1.00 bits per heavy atom. The molecule has 0 saturated heterocycles. The Bertz CT molecular complexity index is 651. The number of carbonyl (C=O) groups is 1. The summed E-state index contributed by atoms with van der Waals surface area (Å²) in [5.74, 6) is -0.396. The molecule has 0 aromatic heterocycles. The first-order valence-corrected chi connectivity index (χ1v) is 5.99. The van der Waals surface area contributed by atoms with Crippen LogP contribution in [0.5, 0.6) is 11.5 Å². The summed E-state index contributed by atoms with van der Waals surface area (Å²) in [7, 11) is 0. The molecule has 2 rings (SSSR count). The summed E-state index contributed by atoms with van der Waals surface area (Å²) in [6.45, 7) is 1.79. The number of alkyl halides is 3. The number of carbonyl (C=O) groups excluding carboxylic acids is 1. The van der Waals surface area contributed by atoms with Crippen molar-refractivity contribution in [3.05, 3.63) is 59.7 Å². The topological polar surface area (TPSA) is 35.5 Å². The maximum atomic E-state index is 12.7. The van der Waals surface area contributed by atoms with E-state index in [1.165, 1.54) is 18.2 Å². The smallest absolute Gasteiger partial charge is 0.395 e. The number of rotatable bonds is 2. The van der Waals surface area contributed by atoms with E-state index in [4.69, 9.17) is 4.74 Å². The third-order valence-electron chi connectivity index (χ3n) is 2.58. The second-order valence-corrected chi connectivity index (χ2v) is 4.26. The molecule has 21 heavy (non-hydrogen) atoms. The van der Waals surface area contributed by atoms with Gasteiger partial charge in [-0.1, -0.05) is 24.3 Å². The van der Waals surface area contributed by atoms with Gasteiger partial charge in [0, 0.05) is 0 Å². The van der Waals surface area contributed by atoms with Gasteiger partial charge in [-0.15, -0.1) is 0 Å². The van der Waals surface area contributed by atoms with Crippen LogP contribution < -0.4 is 9.47 Å².